The highest BCUT2D eigenvalue weighted by Crippen LogP contribution is 2.21. The van der Waals surface area contributed by atoms with E-state index in [1.54, 1.807) is 18.4 Å². The SMILES string of the molecule is CCNC(=NCc1ccc(C)cc1OCCCOC)NCCCc1nc(C)cs1.I. The minimum Gasteiger partial charge on any atom is -0.493 e. The summed E-state index contributed by atoms with van der Waals surface area (Å²) in [5.41, 5.74) is 3.37. The number of halogens is 1. The van der Waals surface area contributed by atoms with E-state index in [4.69, 9.17) is 14.5 Å². The Morgan fingerprint density at radius 3 is 2.70 bits per heavy atom. The Kier molecular flexibility index (Phi) is 13.7. The zero-order valence-corrected chi connectivity index (χ0v) is 21.6. The standard InChI is InChI=1S/C22H34N4O2S.HI/c1-5-23-22(24-11-6-8-21-26-18(3)16-29-21)25-15-19-10-9-17(2)14-20(19)28-13-7-12-27-4;/h9-10,14,16H,5-8,11-13,15H2,1-4H3,(H2,23,24,25);1H. The van der Waals surface area contributed by atoms with E-state index in [0.29, 0.717) is 19.8 Å². The van der Waals surface area contributed by atoms with Gasteiger partial charge in [0.1, 0.15) is 5.75 Å². The van der Waals surface area contributed by atoms with Crippen molar-refractivity contribution in [2.45, 2.75) is 46.6 Å². The monoisotopic (exact) mass is 546 g/mol. The third-order valence-corrected chi connectivity index (χ3v) is 5.28. The molecule has 0 spiro atoms. The van der Waals surface area contributed by atoms with Crippen molar-refractivity contribution in [3.8, 4) is 5.75 Å². The first-order valence-electron chi connectivity index (χ1n) is 10.3. The lowest BCUT2D eigenvalue weighted by molar-refractivity contribution is 0.172. The van der Waals surface area contributed by atoms with Crippen molar-refractivity contribution >= 4 is 41.3 Å². The number of rotatable bonds is 12. The van der Waals surface area contributed by atoms with Crippen LogP contribution in [0.5, 0.6) is 5.75 Å². The molecule has 0 aliphatic heterocycles. The van der Waals surface area contributed by atoms with Crippen LogP contribution in [-0.2, 0) is 17.7 Å². The number of thiazole rings is 1. The van der Waals surface area contributed by atoms with Crippen molar-refractivity contribution < 1.29 is 9.47 Å². The summed E-state index contributed by atoms with van der Waals surface area (Å²) >= 11 is 1.73. The molecule has 2 N–H and O–H groups in total. The lowest BCUT2D eigenvalue weighted by Gasteiger charge is -2.13. The molecule has 2 rings (SSSR count). The van der Waals surface area contributed by atoms with Gasteiger partial charge in [-0.05, 0) is 38.8 Å². The molecule has 0 fully saturated rings. The molecule has 8 heteroatoms. The number of nitrogens with one attached hydrogen (secondary N) is 2. The van der Waals surface area contributed by atoms with Crippen LogP contribution < -0.4 is 15.4 Å². The molecular formula is C22H35IN4O2S. The summed E-state index contributed by atoms with van der Waals surface area (Å²) in [6, 6.07) is 6.27. The number of ether oxygens (including phenoxy) is 2. The van der Waals surface area contributed by atoms with Crippen molar-refractivity contribution in [1.82, 2.24) is 15.6 Å². The van der Waals surface area contributed by atoms with E-state index in [1.165, 1.54) is 10.6 Å². The second-order valence-corrected chi connectivity index (χ2v) is 7.86. The van der Waals surface area contributed by atoms with Gasteiger partial charge in [0, 0.05) is 56.3 Å². The Morgan fingerprint density at radius 2 is 2.00 bits per heavy atom. The van der Waals surface area contributed by atoms with Crippen LogP contribution in [0.1, 0.15) is 41.6 Å². The van der Waals surface area contributed by atoms with Gasteiger partial charge in [0.25, 0.3) is 0 Å². The van der Waals surface area contributed by atoms with Gasteiger partial charge in [-0.3, -0.25) is 0 Å². The van der Waals surface area contributed by atoms with Crippen molar-refractivity contribution in [1.29, 1.82) is 0 Å². The topological polar surface area (TPSA) is 67.8 Å². The fourth-order valence-corrected chi connectivity index (χ4v) is 3.60. The van der Waals surface area contributed by atoms with Gasteiger partial charge in [0.05, 0.1) is 18.2 Å². The number of hydrogen-bond acceptors (Lipinski definition) is 5. The molecule has 1 aromatic carbocycles. The summed E-state index contributed by atoms with van der Waals surface area (Å²) < 4.78 is 11.1. The van der Waals surface area contributed by atoms with Crippen LogP contribution in [0.15, 0.2) is 28.6 Å². The Balaban J connectivity index is 0.00000450. The number of hydrogen-bond donors (Lipinski definition) is 2. The number of aliphatic imine (C=N–C) groups is 1. The smallest absolute Gasteiger partial charge is 0.191 e. The first-order valence-corrected chi connectivity index (χ1v) is 11.1. The number of aryl methyl sites for hydroxylation is 3. The van der Waals surface area contributed by atoms with Crippen LogP contribution in [-0.4, -0.2) is 44.4 Å². The summed E-state index contributed by atoms with van der Waals surface area (Å²) in [6.45, 7) is 9.79. The lowest BCUT2D eigenvalue weighted by Crippen LogP contribution is -2.37. The molecular weight excluding hydrogens is 511 g/mol. The van der Waals surface area contributed by atoms with E-state index >= 15 is 0 Å². The van der Waals surface area contributed by atoms with E-state index in [0.717, 1.165) is 55.3 Å². The Labute approximate surface area is 201 Å². The van der Waals surface area contributed by atoms with Crippen LogP contribution in [0, 0.1) is 13.8 Å². The number of nitrogens with zero attached hydrogens (tertiary/aromatic N) is 2. The average Bonchev–Trinajstić information content (AvgIpc) is 3.12. The average molecular weight is 547 g/mol. The molecule has 30 heavy (non-hydrogen) atoms. The predicted octanol–water partition coefficient (Wildman–Crippen LogP) is 4.48. The van der Waals surface area contributed by atoms with E-state index < -0.39 is 0 Å². The van der Waals surface area contributed by atoms with Crippen molar-refractivity contribution in [2.24, 2.45) is 4.99 Å². The van der Waals surface area contributed by atoms with Crippen LogP contribution in [0.2, 0.25) is 0 Å². The van der Waals surface area contributed by atoms with Crippen LogP contribution in [0.3, 0.4) is 0 Å². The second kappa shape index (κ2) is 15.4. The van der Waals surface area contributed by atoms with Gasteiger partial charge in [-0.1, -0.05) is 12.1 Å². The van der Waals surface area contributed by atoms with Gasteiger partial charge < -0.3 is 20.1 Å². The van der Waals surface area contributed by atoms with Crippen LogP contribution >= 0.6 is 35.3 Å². The highest BCUT2D eigenvalue weighted by Gasteiger charge is 2.06. The molecule has 6 nitrogen and oxygen atoms in total. The Bertz CT molecular complexity index is 767. The van der Waals surface area contributed by atoms with Gasteiger partial charge in [-0.15, -0.1) is 35.3 Å². The van der Waals surface area contributed by atoms with E-state index in [1.807, 2.05) is 6.92 Å². The number of aromatic nitrogens is 1. The molecule has 0 bridgehead atoms. The number of guanidine groups is 1. The van der Waals surface area contributed by atoms with E-state index in [2.05, 4.69) is 53.0 Å². The maximum absolute atomic E-state index is 5.97. The second-order valence-electron chi connectivity index (χ2n) is 6.91. The van der Waals surface area contributed by atoms with Gasteiger partial charge in [-0.2, -0.15) is 0 Å². The molecule has 168 valence electrons. The summed E-state index contributed by atoms with van der Waals surface area (Å²) in [7, 11) is 1.71. The van der Waals surface area contributed by atoms with Crippen molar-refractivity contribution in [2.75, 3.05) is 33.4 Å². The maximum atomic E-state index is 5.97. The summed E-state index contributed by atoms with van der Waals surface area (Å²) in [5, 5.41) is 10.0. The summed E-state index contributed by atoms with van der Waals surface area (Å²) in [4.78, 5) is 9.26. The van der Waals surface area contributed by atoms with Crippen molar-refractivity contribution in [3.63, 3.8) is 0 Å². The molecule has 0 atom stereocenters. The quantitative estimate of drug-likeness (QED) is 0.178. The molecule has 0 saturated heterocycles. The molecule has 0 saturated carbocycles. The normalized spacial score (nSPS) is 11.1. The van der Waals surface area contributed by atoms with Gasteiger partial charge in [0.15, 0.2) is 5.96 Å². The molecule has 0 aliphatic rings. The van der Waals surface area contributed by atoms with Crippen LogP contribution in [0.4, 0.5) is 0 Å². The zero-order valence-electron chi connectivity index (χ0n) is 18.5. The first-order chi connectivity index (χ1) is 14.1. The molecule has 2 aromatic rings. The fraction of sp³-hybridized carbons (Fsp3) is 0.545. The molecule has 0 aliphatic carbocycles. The highest BCUT2D eigenvalue weighted by atomic mass is 127. The zero-order chi connectivity index (χ0) is 20.9. The summed E-state index contributed by atoms with van der Waals surface area (Å²) in [5.74, 6) is 1.73. The largest absolute Gasteiger partial charge is 0.493 e. The molecule has 1 aromatic heterocycles. The molecule has 0 radical (unpaired) electrons. The third kappa shape index (κ3) is 10.1. The van der Waals surface area contributed by atoms with Crippen LogP contribution in [0.25, 0.3) is 0 Å². The number of methoxy groups -OCH3 is 1. The molecule has 1 heterocycles. The Morgan fingerprint density at radius 1 is 1.17 bits per heavy atom. The lowest BCUT2D eigenvalue weighted by atomic mass is 10.1. The highest BCUT2D eigenvalue weighted by molar-refractivity contribution is 14.0. The predicted molar refractivity (Wildman–Crippen MR) is 137 cm³/mol. The van der Waals surface area contributed by atoms with Gasteiger partial charge in [0.2, 0.25) is 0 Å². The first kappa shape index (κ1) is 26.6. The Hall–Kier alpha value is -1.39. The van der Waals surface area contributed by atoms with E-state index in [9.17, 15) is 0 Å². The van der Waals surface area contributed by atoms with Crippen molar-refractivity contribution in [3.05, 3.63) is 45.4 Å². The minimum atomic E-state index is 0. The molecule has 0 amide bonds. The van der Waals surface area contributed by atoms with Gasteiger partial charge >= 0.3 is 0 Å². The maximum Gasteiger partial charge on any atom is 0.191 e. The number of benzene rings is 1. The third-order valence-electron chi connectivity index (χ3n) is 4.25. The minimum absolute atomic E-state index is 0. The molecule has 0 unspecified atom stereocenters. The van der Waals surface area contributed by atoms with E-state index in [-0.39, 0.29) is 24.0 Å². The summed E-state index contributed by atoms with van der Waals surface area (Å²) in [6.07, 6.45) is 2.88. The van der Waals surface area contributed by atoms with Gasteiger partial charge in [-0.25, -0.2) is 9.98 Å². The fourth-order valence-electron chi connectivity index (χ4n) is 2.78.